The van der Waals surface area contributed by atoms with Crippen LogP contribution in [0.1, 0.15) is 31.7 Å². The number of benzene rings is 1. The second-order valence-electron chi connectivity index (χ2n) is 5.01. The molecule has 5 heteroatoms. The Morgan fingerprint density at radius 1 is 1.47 bits per heavy atom. The van der Waals surface area contributed by atoms with Crippen molar-refractivity contribution in [2.45, 2.75) is 26.2 Å². The average molecular weight is 262 g/mol. The Hall–Kier alpha value is -2.04. The van der Waals surface area contributed by atoms with Crippen LogP contribution in [0.5, 0.6) is 0 Å². The summed E-state index contributed by atoms with van der Waals surface area (Å²) in [6.45, 7) is 4.45. The molecular formula is C14H18N2O3. The van der Waals surface area contributed by atoms with E-state index < -0.39 is 5.97 Å². The molecule has 0 bridgehead atoms. The van der Waals surface area contributed by atoms with Gasteiger partial charge in [0.2, 0.25) is 5.91 Å². The van der Waals surface area contributed by atoms with Crippen LogP contribution in [0.15, 0.2) is 18.2 Å². The number of rotatable bonds is 3. The quantitative estimate of drug-likeness (QED) is 0.874. The monoisotopic (exact) mass is 262 g/mol. The number of aliphatic carboxylic acids is 1. The third-order valence-corrected chi connectivity index (χ3v) is 3.21. The Morgan fingerprint density at radius 2 is 2.21 bits per heavy atom. The van der Waals surface area contributed by atoms with Crippen molar-refractivity contribution in [3.8, 4) is 0 Å². The molecule has 1 aromatic carbocycles. The number of carbonyl (C=O) groups is 2. The highest BCUT2D eigenvalue weighted by molar-refractivity contribution is 5.97. The minimum Gasteiger partial charge on any atom is -0.480 e. The van der Waals surface area contributed by atoms with Gasteiger partial charge in [0.25, 0.3) is 0 Å². The molecule has 1 aromatic rings. The zero-order valence-corrected chi connectivity index (χ0v) is 11.1. The van der Waals surface area contributed by atoms with Crippen molar-refractivity contribution >= 4 is 23.3 Å². The third-order valence-electron chi connectivity index (χ3n) is 3.21. The van der Waals surface area contributed by atoms with Gasteiger partial charge in [-0.1, -0.05) is 26.0 Å². The molecule has 2 rings (SSSR count). The van der Waals surface area contributed by atoms with Gasteiger partial charge < -0.3 is 15.3 Å². The van der Waals surface area contributed by atoms with Crippen LogP contribution < -0.4 is 10.2 Å². The summed E-state index contributed by atoms with van der Waals surface area (Å²) in [5.74, 6) is -0.699. The van der Waals surface area contributed by atoms with Crippen molar-refractivity contribution in [2.75, 3.05) is 23.3 Å². The SMILES string of the molecule is CC(C)c1cccc2c1N(CC(=O)O)CCC(=O)N2. The smallest absolute Gasteiger partial charge is 0.323 e. The number of nitrogens with zero attached hydrogens (tertiary/aromatic N) is 1. The average Bonchev–Trinajstić information content (AvgIpc) is 2.48. The van der Waals surface area contributed by atoms with Gasteiger partial charge >= 0.3 is 5.97 Å². The molecule has 0 saturated carbocycles. The van der Waals surface area contributed by atoms with Crippen LogP contribution in [-0.2, 0) is 9.59 Å². The number of carboxylic acid groups (broad SMARTS) is 1. The molecule has 0 spiro atoms. The molecule has 1 amide bonds. The van der Waals surface area contributed by atoms with Crippen molar-refractivity contribution in [3.63, 3.8) is 0 Å². The summed E-state index contributed by atoms with van der Waals surface area (Å²) in [6.07, 6.45) is 0.305. The Morgan fingerprint density at radius 3 is 2.84 bits per heavy atom. The first-order valence-electron chi connectivity index (χ1n) is 6.38. The standard InChI is InChI=1S/C14H18N2O3/c1-9(2)10-4-3-5-11-14(10)16(8-13(18)19)7-6-12(17)15-11/h3-5,9H,6-8H2,1-2H3,(H,15,17)(H,18,19). The Balaban J connectivity index is 2.51. The second kappa shape index (κ2) is 5.30. The number of carboxylic acids is 1. The summed E-state index contributed by atoms with van der Waals surface area (Å²) in [6, 6.07) is 5.69. The van der Waals surface area contributed by atoms with E-state index in [-0.39, 0.29) is 18.4 Å². The molecule has 2 N–H and O–H groups in total. The van der Waals surface area contributed by atoms with E-state index in [2.05, 4.69) is 19.2 Å². The number of para-hydroxylation sites is 1. The Kier molecular flexibility index (Phi) is 3.74. The van der Waals surface area contributed by atoms with E-state index in [0.717, 1.165) is 11.3 Å². The van der Waals surface area contributed by atoms with E-state index in [1.165, 1.54) is 0 Å². The number of carbonyl (C=O) groups excluding carboxylic acids is 1. The maximum absolute atomic E-state index is 11.7. The highest BCUT2D eigenvalue weighted by Crippen LogP contribution is 2.36. The summed E-state index contributed by atoms with van der Waals surface area (Å²) in [7, 11) is 0. The fraction of sp³-hybridized carbons (Fsp3) is 0.429. The second-order valence-corrected chi connectivity index (χ2v) is 5.01. The van der Waals surface area contributed by atoms with Crippen molar-refractivity contribution in [1.29, 1.82) is 0 Å². The summed E-state index contributed by atoms with van der Waals surface area (Å²) >= 11 is 0. The molecule has 0 saturated heterocycles. The largest absolute Gasteiger partial charge is 0.480 e. The maximum atomic E-state index is 11.7. The fourth-order valence-electron chi connectivity index (χ4n) is 2.36. The van der Waals surface area contributed by atoms with E-state index in [0.29, 0.717) is 18.7 Å². The highest BCUT2D eigenvalue weighted by Gasteiger charge is 2.24. The molecule has 1 aliphatic heterocycles. The van der Waals surface area contributed by atoms with E-state index in [1.807, 2.05) is 18.2 Å². The summed E-state index contributed by atoms with van der Waals surface area (Å²) in [5, 5.41) is 11.9. The fourth-order valence-corrected chi connectivity index (χ4v) is 2.36. The molecule has 5 nitrogen and oxygen atoms in total. The topological polar surface area (TPSA) is 69.6 Å². The van der Waals surface area contributed by atoms with Crippen molar-refractivity contribution in [3.05, 3.63) is 23.8 Å². The molecule has 0 fully saturated rings. The van der Waals surface area contributed by atoms with Crippen molar-refractivity contribution in [1.82, 2.24) is 0 Å². The molecule has 0 atom stereocenters. The molecule has 0 unspecified atom stereocenters. The lowest BCUT2D eigenvalue weighted by Crippen LogP contribution is -2.31. The Labute approximate surface area is 112 Å². The van der Waals surface area contributed by atoms with Crippen LogP contribution in [-0.4, -0.2) is 30.1 Å². The van der Waals surface area contributed by atoms with E-state index >= 15 is 0 Å². The first-order valence-corrected chi connectivity index (χ1v) is 6.38. The van der Waals surface area contributed by atoms with Crippen LogP contribution in [0.2, 0.25) is 0 Å². The number of hydrogen-bond acceptors (Lipinski definition) is 3. The zero-order chi connectivity index (χ0) is 14.0. The van der Waals surface area contributed by atoms with E-state index in [9.17, 15) is 9.59 Å². The van der Waals surface area contributed by atoms with E-state index in [4.69, 9.17) is 5.11 Å². The van der Waals surface area contributed by atoms with Crippen LogP contribution in [0.4, 0.5) is 11.4 Å². The van der Waals surface area contributed by atoms with Gasteiger partial charge in [-0.15, -0.1) is 0 Å². The predicted octanol–water partition coefficient (Wildman–Crippen LogP) is 2.04. The normalized spacial score (nSPS) is 14.9. The number of anilines is 2. The van der Waals surface area contributed by atoms with Gasteiger partial charge in [0, 0.05) is 13.0 Å². The first-order chi connectivity index (χ1) is 8.99. The van der Waals surface area contributed by atoms with Gasteiger partial charge in [0.1, 0.15) is 6.54 Å². The zero-order valence-electron chi connectivity index (χ0n) is 11.1. The minimum absolute atomic E-state index is 0.0740. The van der Waals surface area contributed by atoms with Gasteiger partial charge in [-0.2, -0.15) is 0 Å². The lowest BCUT2D eigenvalue weighted by molar-refractivity contribution is -0.135. The summed E-state index contributed by atoms with van der Waals surface area (Å²) in [4.78, 5) is 24.4. The molecule has 0 radical (unpaired) electrons. The molecule has 0 aromatic heterocycles. The lowest BCUT2D eigenvalue weighted by atomic mass is 9.99. The van der Waals surface area contributed by atoms with Crippen molar-refractivity contribution < 1.29 is 14.7 Å². The lowest BCUT2D eigenvalue weighted by Gasteiger charge is -2.26. The summed E-state index contributed by atoms with van der Waals surface area (Å²) in [5.41, 5.74) is 2.60. The van der Waals surface area contributed by atoms with Gasteiger partial charge in [0.15, 0.2) is 0 Å². The third kappa shape index (κ3) is 2.86. The van der Waals surface area contributed by atoms with Gasteiger partial charge in [-0.3, -0.25) is 9.59 Å². The van der Waals surface area contributed by atoms with Crippen LogP contribution >= 0.6 is 0 Å². The van der Waals surface area contributed by atoms with Crippen molar-refractivity contribution in [2.24, 2.45) is 0 Å². The number of nitrogens with one attached hydrogen (secondary N) is 1. The van der Waals surface area contributed by atoms with Crippen LogP contribution in [0.3, 0.4) is 0 Å². The first kappa shape index (κ1) is 13.4. The Bertz CT molecular complexity index is 511. The number of fused-ring (bicyclic) bond motifs is 1. The molecule has 1 aliphatic rings. The predicted molar refractivity (Wildman–Crippen MR) is 73.6 cm³/mol. The number of hydrogen-bond donors (Lipinski definition) is 2. The van der Waals surface area contributed by atoms with Crippen LogP contribution in [0.25, 0.3) is 0 Å². The summed E-state index contributed by atoms with van der Waals surface area (Å²) < 4.78 is 0. The highest BCUT2D eigenvalue weighted by atomic mass is 16.4. The van der Waals surface area contributed by atoms with Gasteiger partial charge in [-0.25, -0.2) is 0 Å². The molecule has 102 valence electrons. The minimum atomic E-state index is -0.890. The maximum Gasteiger partial charge on any atom is 0.323 e. The molecule has 1 heterocycles. The van der Waals surface area contributed by atoms with E-state index in [1.54, 1.807) is 4.90 Å². The molecular weight excluding hydrogens is 244 g/mol. The molecule has 19 heavy (non-hydrogen) atoms. The van der Waals surface area contributed by atoms with Gasteiger partial charge in [0.05, 0.1) is 11.4 Å². The molecule has 0 aliphatic carbocycles. The number of amides is 1. The van der Waals surface area contributed by atoms with Crippen LogP contribution in [0, 0.1) is 0 Å². The van der Waals surface area contributed by atoms with Gasteiger partial charge in [-0.05, 0) is 17.5 Å².